The predicted octanol–water partition coefficient (Wildman–Crippen LogP) is 3.85. The van der Waals surface area contributed by atoms with Crippen LogP contribution in [0, 0.1) is 19.7 Å². The van der Waals surface area contributed by atoms with E-state index in [1.165, 1.54) is 6.07 Å². The molecule has 3 heterocycles. The lowest BCUT2D eigenvalue weighted by molar-refractivity contribution is -0.130. The fourth-order valence-corrected chi connectivity index (χ4v) is 6.01. The van der Waals surface area contributed by atoms with Crippen LogP contribution in [-0.2, 0) is 27.6 Å². The quantitative estimate of drug-likeness (QED) is 0.520. The molecule has 7 nitrogen and oxygen atoms in total. The van der Waals surface area contributed by atoms with Crippen molar-refractivity contribution in [1.82, 2.24) is 14.7 Å². The van der Waals surface area contributed by atoms with E-state index in [-0.39, 0.29) is 35.7 Å². The number of amides is 1. The molecule has 1 aromatic carbocycles. The highest BCUT2D eigenvalue weighted by molar-refractivity contribution is 7.91. The first kappa shape index (κ1) is 23.2. The molecule has 9 heteroatoms. The van der Waals surface area contributed by atoms with Crippen LogP contribution in [-0.4, -0.2) is 47.6 Å². The summed E-state index contributed by atoms with van der Waals surface area (Å²) in [6.07, 6.45) is 1.24. The van der Waals surface area contributed by atoms with Crippen molar-refractivity contribution in [3.8, 4) is 11.3 Å². The molecule has 0 spiro atoms. The molecule has 0 bridgehead atoms. The summed E-state index contributed by atoms with van der Waals surface area (Å²) in [5, 5.41) is 4.57. The van der Waals surface area contributed by atoms with Crippen LogP contribution in [0.5, 0.6) is 0 Å². The van der Waals surface area contributed by atoms with Gasteiger partial charge in [0.15, 0.2) is 9.84 Å². The highest BCUT2D eigenvalue weighted by atomic mass is 32.2. The van der Waals surface area contributed by atoms with Gasteiger partial charge in [0.05, 0.1) is 28.8 Å². The monoisotopic (exact) mass is 473 g/mol. The third-order valence-electron chi connectivity index (χ3n) is 6.24. The maximum Gasteiger partial charge on any atom is 0.223 e. The molecule has 1 aliphatic rings. The second-order valence-electron chi connectivity index (χ2n) is 8.65. The van der Waals surface area contributed by atoms with Gasteiger partial charge in [-0.15, -0.1) is 0 Å². The van der Waals surface area contributed by atoms with E-state index in [0.29, 0.717) is 36.5 Å². The summed E-state index contributed by atoms with van der Waals surface area (Å²) in [4.78, 5) is 14.4. The van der Waals surface area contributed by atoms with Crippen LogP contribution >= 0.6 is 0 Å². The third kappa shape index (κ3) is 5.03. The van der Waals surface area contributed by atoms with Gasteiger partial charge in [-0.2, -0.15) is 5.10 Å². The first-order valence-electron chi connectivity index (χ1n) is 11.0. The minimum absolute atomic E-state index is 0.0474. The van der Waals surface area contributed by atoms with Gasteiger partial charge >= 0.3 is 0 Å². The summed E-state index contributed by atoms with van der Waals surface area (Å²) in [5.41, 5.74) is 3.03. The Labute approximate surface area is 193 Å². The van der Waals surface area contributed by atoms with Crippen LogP contribution in [0.15, 0.2) is 40.8 Å². The lowest BCUT2D eigenvalue weighted by Crippen LogP contribution is -2.27. The molecule has 1 fully saturated rings. The summed E-state index contributed by atoms with van der Waals surface area (Å²) in [6.45, 7) is 4.20. The van der Waals surface area contributed by atoms with E-state index in [2.05, 4.69) is 5.10 Å². The topological polar surface area (TPSA) is 85.4 Å². The van der Waals surface area contributed by atoms with Crippen molar-refractivity contribution in [2.45, 2.75) is 45.7 Å². The number of carbonyl (C=O) groups excluding carboxylic acids is 1. The van der Waals surface area contributed by atoms with Crippen LogP contribution in [0.4, 0.5) is 4.39 Å². The van der Waals surface area contributed by atoms with Gasteiger partial charge in [-0.3, -0.25) is 9.48 Å². The van der Waals surface area contributed by atoms with Gasteiger partial charge in [0.25, 0.3) is 0 Å². The summed E-state index contributed by atoms with van der Waals surface area (Å²) in [6, 6.07) is 9.74. The SMILES string of the molecule is Cc1nn([C@H]2CCS(=O)(=O)C2)c(C)c1CN(C)C(=O)CCc1ccc(-c2ccccc2F)o1. The zero-order chi connectivity index (χ0) is 23.8. The van der Waals surface area contributed by atoms with Crippen LogP contribution in [0.25, 0.3) is 11.3 Å². The largest absolute Gasteiger partial charge is 0.461 e. The Bertz CT molecular complexity index is 1280. The van der Waals surface area contributed by atoms with Crippen molar-refractivity contribution in [3.05, 3.63) is 64.9 Å². The van der Waals surface area contributed by atoms with Gasteiger partial charge in [-0.1, -0.05) is 12.1 Å². The Balaban J connectivity index is 1.37. The number of hydrogen-bond donors (Lipinski definition) is 0. The Morgan fingerprint density at radius 1 is 1.24 bits per heavy atom. The minimum Gasteiger partial charge on any atom is -0.461 e. The van der Waals surface area contributed by atoms with Crippen LogP contribution in [0.3, 0.4) is 0 Å². The second-order valence-corrected chi connectivity index (χ2v) is 10.9. The number of aryl methyl sites for hydroxylation is 2. The van der Waals surface area contributed by atoms with E-state index in [0.717, 1.165) is 17.0 Å². The molecular weight excluding hydrogens is 445 g/mol. The fourth-order valence-electron chi connectivity index (χ4n) is 4.31. The van der Waals surface area contributed by atoms with Gasteiger partial charge in [0.2, 0.25) is 5.91 Å². The van der Waals surface area contributed by atoms with Crippen LogP contribution in [0.1, 0.15) is 41.6 Å². The summed E-state index contributed by atoms with van der Waals surface area (Å²) < 4.78 is 45.2. The molecule has 2 aromatic heterocycles. The third-order valence-corrected chi connectivity index (χ3v) is 7.99. The molecule has 3 aromatic rings. The zero-order valence-corrected chi connectivity index (χ0v) is 19.9. The average molecular weight is 474 g/mol. The van der Waals surface area contributed by atoms with Crippen molar-refractivity contribution >= 4 is 15.7 Å². The lowest BCUT2D eigenvalue weighted by Gasteiger charge is -2.18. The van der Waals surface area contributed by atoms with E-state index in [1.54, 1.807) is 47.0 Å². The zero-order valence-electron chi connectivity index (χ0n) is 19.0. The Morgan fingerprint density at radius 2 is 2.00 bits per heavy atom. The number of hydrogen-bond acceptors (Lipinski definition) is 5. The molecule has 0 radical (unpaired) electrons. The summed E-state index contributed by atoms with van der Waals surface area (Å²) >= 11 is 0. The number of aromatic nitrogens is 2. The first-order valence-corrected chi connectivity index (χ1v) is 12.8. The van der Waals surface area contributed by atoms with E-state index < -0.39 is 9.84 Å². The minimum atomic E-state index is -3.01. The van der Waals surface area contributed by atoms with Gasteiger partial charge in [-0.25, -0.2) is 12.8 Å². The van der Waals surface area contributed by atoms with E-state index in [4.69, 9.17) is 4.42 Å². The highest BCUT2D eigenvalue weighted by Crippen LogP contribution is 2.28. The van der Waals surface area contributed by atoms with Crippen molar-refractivity contribution < 1.29 is 22.0 Å². The number of rotatable bonds is 7. The second kappa shape index (κ2) is 9.13. The Hall–Kier alpha value is -2.94. The van der Waals surface area contributed by atoms with Gasteiger partial charge in [0, 0.05) is 37.7 Å². The molecule has 33 heavy (non-hydrogen) atoms. The molecule has 0 N–H and O–H groups in total. The number of furan rings is 1. The van der Waals surface area contributed by atoms with E-state index in [1.807, 2.05) is 13.8 Å². The fraction of sp³-hybridized carbons (Fsp3) is 0.417. The van der Waals surface area contributed by atoms with Crippen molar-refractivity contribution in [2.75, 3.05) is 18.6 Å². The van der Waals surface area contributed by atoms with Crippen molar-refractivity contribution in [2.24, 2.45) is 0 Å². The summed E-state index contributed by atoms with van der Waals surface area (Å²) in [5.74, 6) is 0.967. The molecule has 176 valence electrons. The number of halogens is 1. The molecule has 1 aliphatic heterocycles. The van der Waals surface area contributed by atoms with E-state index >= 15 is 0 Å². The van der Waals surface area contributed by atoms with Gasteiger partial charge in [-0.05, 0) is 44.5 Å². The van der Waals surface area contributed by atoms with Crippen LogP contribution < -0.4 is 0 Å². The molecular formula is C24H28FN3O4S. The standard InChI is InChI=1S/C24H28FN3O4S/c1-16-21(17(2)28(26-16)18-12-13-33(30,31)15-18)14-27(3)24(29)11-9-19-8-10-23(32-19)20-6-4-5-7-22(20)25/h4-8,10,18H,9,11-15H2,1-3H3/t18-/m0/s1. The number of benzene rings is 1. The van der Waals surface area contributed by atoms with Crippen LogP contribution in [0.2, 0.25) is 0 Å². The molecule has 1 saturated heterocycles. The lowest BCUT2D eigenvalue weighted by atomic mass is 10.1. The molecule has 1 atom stereocenters. The number of nitrogens with zero attached hydrogens (tertiary/aromatic N) is 3. The maximum absolute atomic E-state index is 14.0. The number of carbonyl (C=O) groups is 1. The van der Waals surface area contributed by atoms with Gasteiger partial charge < -0.3 is 9.32 Å². The Kier molecular flexibility index (Phi) is 6.43. The highest BCUT2D eigenvalue weighted by Gasteiger charge is 2.31. The maximum atomic E-state index is 14.0. The molecule has 0 saturated carbocycles. The normalized spacial score (nSPS) is 17.4. The van der Waals surface area contributed by atoms with Crippen molar-refractivity contribution in [1.29, 1.82) is 0 Å². The smallest absolute Gasteiger partial charge is 0.223 e. The van der Waals surface area contributed by atoms with Gasteiger partial charge in [0.1, 0.15) is 17.3 Å². The average Bonchev–Trinajstić information content (AvgIpc) is 3.46. The van der Waals surface area contributed by atoms with E-state index in [9.17, 15) is 17.6 Å². The molecule has 0 aliphatic carbocycles. The summed E-state index contributed by atoms with van der Waals surface area (Å²) in [7, 11) is -1.27. The first-order chi connectivity index (χ1) is 15.6. The van der Waals surface area contributed by atoms with Crippen molar-refractivity contribution in [3.63, 3.8) is 0 Å². The molecule has 4 rings (SSSR count). The molecule has 0 unspecified atom stereocenters. The molecule has 1 amide bonds. The predicted molar refractivity (Wildman–Crippen MR) is 123 cm³/mol. The Morgan fingerprint density at radius 3 is 2.70 bits per heavy atom. The number of sulfone groups is 1.